The molecule has 2 heterocycles. The lowest BCUT2D eigenvalue weighted by Gasteiger charge is -2.29. The molecule has 152 valence electrons. The van der Waals surface area contributed by atoms with Crippen LogP contribution in [0.15, 0.2) is 60.1 Å². The number of anilines is 2. The Morgan fingerprint density at radius 2 is 1.90 bits per heavy atom. The van der Waals surface area contributed by atoms with Crippen LogP contribution >= 0.6 is 0 Å². The number of benzene rings is 2. The molecule has 9 heteroatoms. The number of nitrogens with zero attached hydrogens (tertiary/aromatic N) is 4. The Morgan fingerprint density at radius 3 is 2.60 bits per heavy atom. The topological polar surface area (TPSA) is 115 Å². The van der Waals surface area contributed by atoms with Crippen molar-refractivity contribution in [1.82, 2.24) is 14.8 Å². The number of carbonyl (C=O) groups is 1. The molecule has 30 heavy (non-hydrogen) atoms. The second-order valence-corrected chi connectivity index (χ2v) is 7.14. The minimum absolute atomic E-state index is 0.0198. The molecule has 0 radical (unpaired) electrons. The quantitative estimate of drug-likeness (QED) is 0.506. The summed E-state index contributed by atoms with van der Waals surface area (Å²) in [7, 11) is 0. The van der Waals surface area contributed by atoms with Crippen LogP contribution in [-0.4, -0.2) is 25.6 Å². The average molecular weight is 404 g/mol. The fourth-order valence-electron chi connectivity index (χ4n) is 3.55. The molecular formula is C21H20N6O3. The van der Waals surface area contributed by atoms with Gasteiger partial charge >= 0.3 is 0 Å². The lowest BCUT2D eigenvalue weighted by atomic mass is 9.94. The molecule has 1 aliphatic rings. The molecule has 1 atom stereocenters. The van der Waals surface area contributed by atoms with Crippen molar-refractivity contribution in [3.63, 3.8) is 0 Å². The summed E-state index contributed by atoms with van der Waals surface area (Å²) >= 11 is 0. The van der Waals surface area contributed by atoms with Crippen LogP contribution in [0.2, 0.25) is 0 Å². The summed E-state index contributed by atoms with van der Waals surface area (Å²) in [5.74, 6) is 0.220. The van der Waals surface area contributed by atoms with E-state index in [4.69, 9.17) is 0 Å². The summed E-state index contributed by atoms with van der Waals surface area (Å²) < 4.78 is 1.60. The third kappa shape index (κ3) is 3.30. The number of hydrogen-bond donors (Lipinski definition) is 2. The fourth-order valence-corrected chi connectivity index (χ4v) is 3.55. The van der Waals surface area contributed by atoms with Crippen LogP contribution < -0.4 is 10.6 Å². The predicted octanol–water partition coefficient (Wildman–Crippen LogP) is 3.73. The molecule has 0 bridgehead atoms. The number of nitrogens with one attached hydrogen (secondary N) is 2. The SMILES string of the molecule is CC1=C(C(=O)Nc2cccc(C)c2C)C(c2ccc([N+](=O)[O-])cc2)n2ncnc2N1. The van der Waals surface area contributed by atoms with E-state index in [9.17, 15) is 14.9 Å². The van der Waals surface area contributed by atoms with Crippen molar-refractivity contribution >= 4 is 23.2 Å². The van der Waals surface area contributed by atoms with E-state index in [2.05, 4.69) is 20.7 Å². The first-order valence-electron chi connectivity index (χ1n) is 9.36. The summed E-state index contributed by atoms with van der Waals surface area (Å²) in [6.07, 6.45) is 1.40. The molecule has 0 spiro atoms. The van der Waals surface area contributed by atoms with Gasteiger partial charge in [0, 0.05) is 23.5 Å². The number of fused-ring (bicyclic) bond motifs is 1. The molecule has 2 aromatic carbocycles. The number of rotatable bonds is 4. The van der Waals surface area contributed by atoms with Gasteiger partial charge in [-0.2, -0.15) is 10.1 Å². The third-order valence-electron chi connectivity index (χ3n) is 5.31. The van der Waals surface area contributed by atoms with Gasteiger partial charge in [0.05, 0.1) is 10.5 Å². The first-order chi connectivity index (χ1) is 14.4. The van der Waals surface area contributed by atoms with E-state index in [0.29, 0.717) is 22.8 Å². The Bertz CT molecular complexity index is 1180. The maximum Gasteiger partial charge on any atom is 0.269 e. The van der Waals surface area contributed by atoms with Crippen molar-refractivity contribution < 1.29 is 9.72 Å². The molecule has 4 rings (SSSR count). The van der Waals surface area contributed by atoms with Crippen molar-refractivity contribution in [3.8, 4) is 0 Å². The molecular weight excluding hydrogens is 384 g/mol. The number of aromatic nitrogens is 3. The Kier molecular flexibility index (Phi) is 4.78. The van der Waals surface area contributed by atoms with E-state index in [0.717, 1.165) is 16.8 Å². The summed E-state index contributed by atoms with van der Waals surface area (Å²) in [4.78, 5) is 28.1. The molecule has 2 N–H and O–H groups in total. The second kappa shape index (κ2) is 7.43. The predicted molar refractivity (Wildman–Crippen MR) is 112 cm³/mol. The molecule has 3 aromatic rings. The van der Waals surface area contributed by atoms with Crippen molar-refractivity contribution in [1.29, 1.82) is 0 Å². The molecule has 9 nitrogen and oxygen atoms in total. The first kappa shape index (κ1) is 19.3. The van der Waals surface area contributed by atoms with E-state index in [1.54, 1.807) is 23.7 Å². The third-order valence-corrected chi connectivity index (χ3v) is 5.31. The van der Waals surface area contributed by atoms with Crippen LogP contribution in [0.3, 0.4) is 0 Å². The molecule has 0 saturated heterocycles. The Hall–Kier alpha value is -4.01. The number of non-ortho nitro benzene ring substituents is 1. The second-order valence-electron chi connectivity index (χ2n) is 7.14. The van der Waals surface area contributed by atoms with Crippen LogP contribution in [0.25, 0.3) is 0 Å². The van der Waals surface area contributed by atoms with Crippen LogP contribution in [0.5, 0.6) is 0 Å². The lowest BCUT2D eigenvalue weighted by molar-refractivity contribution is -0.384. The van der Waals surface area contributed by atoms with E-state index >= 15 is 0 Å². The van der Waals surface area contributed by atoms with Crippen LogP contribution in [0.4, 0.5) is 17.3 Å². The monoisotopic (exact) mass is 404 g/mol. The van der Waals surface area contributed by atoms with Gasteiger partial charge in [0.2, 0.25) is 5.95 Å². The molecule has 1 amide bonds. The summed E-state index contributed by atoms with van der Waals surface area (Å²) in [5.41, 5.74) is 4.57. The zero-order valence-corrected chi connectivity index (χ0v) is 16.7. The molecule has 1 aromatic heterocycles. The van der Waals surface area contributed by atoms with Gasteiger partial charge in [0.25, 0.3) is 11.6 Å². The van der Waals surface area contributed by atoms with Crippen molar-refractivity contribution in [3.05, 3.63) is 86.9 Å². The number of allylic oxidation sites excluding steroid dienone is 1. The normalized spacial score (nSPS) is 15.4. The summed E-state index contributed by atoms with van der Waals surface area (Å²) in [6.45, 7) is 5.74. The minimum atomic E-state index is -0.574. The van der Waals surface area contributed by atoms with E-state index in [-0.39, 0.29) is 11.6 Å². The number of nitro groups is 1. The number of aryl methyl sites for hydroxylation is 1. The highest BCUT2D eigenvalue weighted by molar-refractivity contribution is 6.06. The first-order valence-corrected chi connectivity index (χ1v) is 9.36. The van der Waals surface area contributed by atoms with E-state index in [1.807, 2.05) is 32.0 Å². The Labute approximate surface area is 172 Å². The van der Waals surface area contributed by atoms with Crippen molar-refractivity contribution in [2.45, 2.75) is 26.8 Å². The molecule has 1 aliphatic heterocycles. The van der Waals surface area contributed by atoms with Crippen LogP contribution in [0, 0.1) is 24.0 Å². The number of carbonyl (C=O) groups excluding carboxylic acids is 1. The smallest absolute Gasteiger partial charge is 0.269 e. The van der Waals surface area contributed by atoms with Crippen LogP contribution in [-0.2, 0) is 4.79 Å². The van der Waals surface area contributed by atoms with Gasteiger partial charge in [-0.1, -0.05) is 12.1 Å². The van der Waals surface area contributed by atoms with Gasteiger partial charge in [0.15, 0.2) is 0 Å². The molecule has 1 unspecified atom stereocenters. The zero-order valence-electron chi connectivity index (χ0n) is 16.7. The fraction of sp³-hybridized carbons (Fsp3) is 0.190. The van der Waals surface area contributed by atoms with Gasteiger partial charge < -0.3 is 10.6 Å². The Morgan fingerprint density at radius 1 is 1.17 bits per heavy atom. The van der Waals surface area contributed by atoms with Gasteiger partial charge in [-0.25, -0.2) is 4.68 Å². The minimum Gasteiger partial charge on any atom is -0.328 e. The largest absolute Gasteiger partial charge is 0.328 e. The highest BCUT2D eigenvalue weighted by Gasteiger charge is 2.33. The summed E-state index contributed by atoms with van der Waals surface area (Å²) in [6, 6.07) is 11.3. The highest BCUT2D eigenvalue weighted by atomic mass is 16.6. The van der Waals surface area contributed by atoms with Gasteiger partial charge in [0.1, 0.15) is 12.4 Å². The van der Waals surface area contributed by atoms with Gasteiger partial charge in [-0.3, -0.25) is 14.9 Å². The van der Waals surface area contributed by atoms with Gasteiger partial charge in [-0.05, 0) is 55.7 Å². The highest BCUT2D eigenvalue weighted by Crippen LogP contribution is 2.36. The maximum absolute atomic E-state index is 13.4. The standard InChI is InChI=1S/C21H20N6O3/c1-12-5-4-6-17(13(12)2)25-20(28)18-14(3)24-21-22-11-23-26(21)19(18)15-7-9-16(10-8-15)27(29)30/h4-11,19H,1-3H3,(H,25,28)(H,22,23,24). The lowest BCUT2D eigenvalue weighted by Crippen LogP contribution is -2.31. The Balaban J connectivity index is 1.76. The number of hydrogen-bond acceptors (Lipinski definition) is 6. The van der Waals surface area contributed by atoms with Gasteiger partial charge in [-0.15, -0.1) is 0 Å². The summed E-state index contributed by atoms with van der Waals surface area (Å²) in [5, 5.41) is 21.4. The van der Waals surface area contributed by atoms with E-state index in [1.165, 1.54) is 18.5 Å². The van der Waals surface area contributed by atoms with E-state index < -0.39 is 11.0 Å². The van der Waals surface area contributed by atoms with Crippen LogP contribution in [0.1, 0.15) is 29.7 Å². The average Bonchev–Trinajstić information content (AvgIpc) is 3.18. The zero-order chi connectivity index (χ0) is 21.4. The molecule has 0 fully saturated rings. The number of nitro benzene ring substituents is 1. The number of amides is 1. The molecule has 0 aliphatic carbocycles. The maximum atomic E-state index is 13.4. The molecule has 0 saturated carbocycles. The van der Waals surface area contributed by atoms with Crippen molar-refractivity contribution in [2.75, 3.05) is 10.6 Å². The van der Waals surface area contributed by atoms with Crippen molar-refractivity contribution in [2.24, 2.45) is 0 Å².